The minimum Gasteiger partial charge on any atom is -0.314 e. The smallest absolute Gasteiger partial charge is 0.123 e. The van der Waals surface area contributed by atoms with Gasteiger partial charge in [-0.25, -0.2) is 4.39 Å². The van der Waals surface area contributed by atoms with Gasteiger partial charge in [0.15, 0.2) is 0 Å². The van der Waals surface area contributed by atoms with Gasteiger partial charge in [-0.2, -0.15) is 0 Å². The van der Waals surface area contributed by atoms with Crippen LogP contribution < -0.4 is 5.32 Å². The highest BCUT2D eigenvalue weighted by atomic mass is 35.5. The second kappa shape index (κ2) is 9.56. The molecule has 1 heterocycles. The molecule has 1 aliphatic rings. The molecule has 116 valence electrons. The van der Waals surface area contributed by atoms with Gasteiger partial charge in [-0.3, -0.25) is 4.90 Å². The van der Waals surface area contributed by atoms with Crippen LogP contribution >= 0.6 is 24.8 Å². The first-order chi connectivity index (χ1) is 8.72. The van der Waals surface area contributed by atoms with Crippen molar-refractivity contribution in [3.8, 4) is 0 Å². The Bertz CT molecular complexity index is 384. The zero-order valence-electron chi connectivity index (χ0n) is 12.1. The van der Waals surface area contributed by atoms with Gasteiger partial charge in [-0.05, 0) is 23.6 Å². The molecule has 1 unspecified atom stereocenters. The van der Waals surface area contributed by atoms with Crippen molar-refractivity contribution < 1.29 is 4.39 Å². The third-order valence-corrected chi connectivity index (χ3v) is 3.92. The monoisotopic (exact) mass is 322 g/mol. The second-order valence-corrected chi connectivity index (χ2v) is 5.17. The molecule has 0 spiro atoms. The lowest BCUT2D eigenvalue weighted by Gasteiger charge is -2.38. The molecular weight excluding hydrogens is 298 g/mol. The van der Waals surface area contributed by atoms with E-state index in [1.54, 1.807) is 6.07 Å². The molecule has 0 aliphatic carbocycles. The summed E-state index contributed by atoms with van der Waals surface area (Å²) in [6, 6.07) is 7.44. The van der Waals surface area contributed by atoms with Gasteiger partial charge in [-0.1, -0.05) is 32.4 Å². The van der Waals surface area contributed by atoms with Crippen molar-refractivity contribution in [3.63, 3.8) is 0 Å². The molecule has 1 aliphatic heterocycles. The number of halogens is 3. The average Bonchev–Trinajstić information content (AvgIpc) is 2.40. The fourth-order valence-corrected chi connectivity index (χ4v) is 2.77. The first-order valence-electron chi connectivity index (χ1n) is 6.92. The number of hydrogen-bond donors (Lipinski definition) is 1. The van der Waals surface area contributed by atoms with E-state index in [0.717, 1.165) is 38.2 Å². The lowest BCUT2D eigenvalue weighted by molar-refractivity contribution is 0.128. The van der Waals surface area contributed by atoms with Gasteiger partial charge in [0.1, 0.15) is 5.82 Å². The van der Waals surface area contributed by atoms with Crippen molar-refractivity contribution in [2.45, 2.75) is 26.3 Å². The number of rotatable bonds is 4. The molecule has 1 fully saturated rings. The molecule has 0 saturated carbocycles. The highest BCUT2D eigenvalue weighted by molar-refractivity contribution is 5.85. The van der Waals surface area contributed by atoms with Crippen LogP contribution in [0.25, 0.3) is 0 Å². The minimum absolute atomic E-state index is 0. The Kier molecular flexibility index (Phi) is 9.39. The van der Waals surface area contributed by atoms with Gasteiger partial charge in [0, 0.05) is 32.2 Å². The van der Waals surface area contributed by atoms with Crippen LogP contribution in [0.15, 0.2) is 24.3 Å². The first kappa shape index (κ1) is 19.7. The maximum absolute atomic E-state index is 13.4. The molecule has 2 nitrogen and oxygen atoms in total. The van der Waals surface area contributed by atoms with Crippen molar-refractivity contribution in [3.05, 3.63) is 35.6 Å². The number of hydrogen-bond acceptors (Lipinski definition) is 2. The maximum Gasteiger partial charge on any atom is 0.123 e. The highest BCUT2D eigenvalue weighted by Crippen LogP contribution is 2.31. The molecular formula is C15H25Cl2FN2. The largest absolute Gasteiger partial charge is 0.314 e. The Hall–Kier alpha value is -0.350. The summed E-state index contributed by atoms with van der Waals surface area (Å²) in [6.07, 6.45) is 1.12. The molecule has 0 aromatic heterocycles. The zero-order chi connectivity index (χ0) is 13.0. The van der Waals surface area contributed by atoms with E-state index in [0.29, 0.717) is 12.0 Å². The molecule has 0 bridgehead atoms. The zero-order valence-corrected chi connectivity index (χ0v) is 13.8. The first-order valence-corrected chi connectivity index (χ1v) is 6.92. The molecule has 1 aromatic carbocycles. The Labute approximate surface area is 133 Å². The Morgan fingerprint density at radius 3 is 2.45 bits per heavy atom. The Balaban J connectivity index is 0.00000180. The molecule has 0 radical (unpaired) electrons. The van der Waals surface area contributed by atoms with E-state index < -0.39 is 0 Å². The van der Waals surface area contributed by atoms with Crippen LogP contribution in [0, 0.1) is 11.7 Å². The van der Waals surface area contributed by atoms with E-state index >= 15 is 0 Å². The molecule has 1 aromatic rings. The molecule has 1 saturated heterocycles. The standard InChI is InChI=1S/C15H23FN2.2ClH/c1-3-12(2)15(18-9-7-17-8-10-18)13-5-4-6-14(16)11-13;;/h4-6,11-12,15,17H,3,7-10H2,1-2H3;2*1H/t12?,15-;;/m1../s1. The summed E-state index contributed by atoms with van der Waals surface area (Å²) in [4.78, 5) is 2.49. The number of nitrogens with zero attached hydrogens (tertiary/aromatic N) is 1. The summed E-state index contributed by atoms with van der Waals surface area (Å²) in [5.74, 6) is 0.417. The number of benzene rings is 1. The molecule has 5 heteroatoms. The lowest BCUT2D eigenvalue weighted by atomic mass is 9.90. The summed E-state index contributed by atoms with van der Waals surface area (Å²) in [6.45, 7) is 8.62. The predicted octanol–water partition coefficient (Wildman–Crippen LogP) is 3.66. The molecule has 20 heavy (non-hydrogen) atoms. The topological polar surface area (TPSA) is 15.3 Å². The number of nitrogens with one attached hydrogen (secondary N) is 1. The predicted molar refractivity (Wildman–Crippen MR) is 87.5 cm³/mol. The van der Waals surface area contributed by atoms with Crippen molar-refractivity contribution >= 4 is 24.8 Å². The lowest BCUT2D eigenvalue weighted by Crippen LogP contribution is -2.46. The van der Waals surface area contributed by atoms with Gasteiger partial charge in [0.25, 0.3) is 0 Å². The van der Waals surface area contributed by atoms with Crippen molar-refractivity contribution in [1.29, 1.82) is 0 Å². The van der Waals surface area contributed by atoms with Gasteiger partial charge in [0.2, 0.25) is 0 Å². The Morgan fingerprint density at radius 2 is 1.90 bits per heavy atom. The van der Waals surface area contributed by atoms with Crippen LogP contribution in [0.1, 0.15) is 31.9 Å². The minimum atomic E-state index is -0.129. The van der Waals surface area contributed by atoms with Crippen molar-refractivity contribution in [1.82, 2.24) is 10.2 Å². The van der Waals surface area contributed by atoms with E-state index in [-0.39, 0.29) is 30.6 Å². The van der Waals surface area contributed by atoms with E-state index in [4.69, 9.17) is 0 Å². The van der Waals surface area contributed by atoms with E-state index in [2.05, 4.69) is 30.1 Å². The number of piperazine rings is 1. The fraction of sp³-hybridized carbons (Fsp3) is 0.600. The summed E-state index contributed by atoms with van der Waals surface area (Å²) in [5, 5.41) is 3.37. The van der Waals surface area contributed by atoms with E-state index in [1.165, 1.54) is 6.07 Å². The van der Waals surface area contributed by atoms with Crippen LogP contribution in [0.4, 0.5) is 4.39 Å². The Morgan fingerprint density at radius 1 is 1.25 bits per heavy atom. The SMILES string of the molecule is CCC(C)[C@H](c1cccc(F)c1)N1CCNCC1.Cl.Cl. The van der Waals surface area contributed by atoms with Gasteiger partial charge in [0.05, 0.1) is 0 Å². The second-order valence-electron chi connectivity index (χ2n) is 5.17. The molecule has 2 atom stereocenters. The quantitative estimate of drug-likeness (QED) is 0.910. The van der Waals surface area contributed by atoms with E-state index in [1.807, 2.05) is 6.07 Å². The fourth-order valence-electron chi connectivity index (χ4n) is 2.77. The van der Waals surface area contributed by atoms with Crippen molar-refractivity contribution in [2.75, 3.05) is 26.2 Å². The molecule has 1 N–H and O–H groups in total. The van der Waals surface area contributed by atoms with Gasteiger partial charge < -0.3 is 5.32 Å². The highest BCUT2D eigenvalue weighted by Gasteiger charge is 2.26. The molecule has 2 rings (SSSR count). The van der Waals surface area contributed by atoms with E-state index in [9.17, 15) is 4.39 Å². The summed E-state index contributed by atoms with van der Waals surface area (Å²) < 4.78 is 13.4. The normalized spacial score (nSPS) is 18.6. The van der Waals surface area contributed by atoms with Crippen LogP contribution in [0.2, 0.25) is 0 Å². The van der Waals surface area contributed by atoms with Crippen LogP contribution in [-0.2, 0) is 0 Å². The van der Waals surface area contributed by atoms with Gasteiger partial charge >= 0.3 is 0 Å². The summed E-state index contributed by atoms with van der Waals surface area (Å²) >= 11 is 0. The van der Waals surface area contributed by atoms with Crippen LogP contribution in [-0.4, -0.2) is 31.1 Å². The maximum atomic E-state index is 13.4. The van der Waals surface area contributed by atoms with Crippen LogP contribution in [0.3, 0.4) is 0 Å². The van der Waals surface area contributed by atoms with Crippen molar-refractivity contribution in [2.24, 2.45) is 5.92 Å². The average molecular weight is 323 g/mol. The third kappa shape index (κ3) is 4.88. The summed E-state index contributed by atoms with van der Waals surface area (Å²) in [7, 11) is 0. The summed E-state index contributed by atoms with van der Waals surface area (Å²) in [5.41, 5.74) is 1.12. The third-order valence-electron chi connectivity index (χ3n) is 3.92. The van der Waals surface area contributed by atoms with Gasteiger partial charge in [-0.15, -0.1) is 24.8 Å². The molecule has 0 amide bonds. The van der Waals surface area contributed by atoms with Crippen LogP contribution in [0.5, 0.6) is 0 Å².